The van der Waals surface area contributed by atoms with Crippen LogP contribution in [0.4, 0.5) is 8.78 Å². The Morgan fingerprint density at radius 2 is 2.09 bits per heavy atom. The molecule has 0 amide bonds. The van der Waals surface area contributed by atoms with Crippen LogP contribution in [0.2, 0.25) is 0 Å². The van der Waals surface area contributed by atoms with Crippen LogP contribution in [0, 0.1) is 6.92 Å². The molecular weight excluding hydrogens is 310 g/mol. The second kappa shape index (κ2) is 6.51. The molecule has 7 nitrogen and oxygen atoms in total. The first-order valence-electron chi connectivity index (χ1n) is 6.72. The molecule has 0 unspecified atom stereocenters. The summed E-state index contributed by atoms with van der Waals surface area (Å²) in [4.78, 5) is 8.26. The number of rotatable bonds is 6. The summed E-state index contributed by atoms with van der Waals surface area (Å²) in [5.41, 5.74) is 1.12. The zero-order valence-corrected chi connectivity index (χ0v) is 12.1. The number of hydrogen-bond acceptors (Lipinski definition) is 7. The normalized spacial score (nSPS) is 11.1. The van der Waals surface area contributed by atoms with Crippen LogP contribution < -0.4 is 4.74 Å². The summed E-state index contributed by atoms with van der Waals surface area (Å²) in [5, 5.41) is 7.58. The molecule has 0 saturated carbocycles. The van der Waals surface area contributed by atoms with Crippen molar-refractivity contribution in [1.29, 1.82) is 0 Å². The van der Waals surface area contributed by atoms with Gasteiger partial charge < -0.3 is 13.8 Å². The van der Waals surface area contributed by atoms with Gasteiger partial charge in [-0.2, -0.15) is 4.98 Å². The van der Waals surface area contributed by atoms with Crippen molar-refractivity contribution in [2.75, 3.05) is 6.61 Å². The third-order valence-electron chi connectivity index (χ3n) is 2.81. The van der Waals surface area contributed by atoms with Crippen LogP contribution in [0.25, 0.3) is 11.5 Å². The van der Waals surface area contributed by atoms with Crippen molar-refractivity contribution in [1.82, 2.24) is 20.3 Å². The van der Waals surface area contributed by atoms with Gasteiger partial charge in [-0.05, 0) is 13.0 Å². The monoisotopic (exact) mass is 322 g/mol. The zero-order chi connectivity index (χ0) is 16.2. The molecule has 0 spiro atoms. The van der Waals surface area contributed by atoms with Crippen LogP contribution >= 0.6 is 0 Å². The lowest BCUT2D eigenvalue weighted by Crippen LogP contribution is -2.07. The number of pyridine rings is 1. The molecule has 3 heterocycles. The first-order valence-corrected chi connectivity index (χ1v) is 6.72. The lowest BCUT2D eigenvalue weighted by atomic mass is 10.3. The topological polar surface area (TPSA) is 87.1 Å². The van der Waals surface area contributed by atoms with Gasteiger partial charge in [0.15, 0.2) is 0 Å². The van der Waals surface area contributed by atoms with Crippen molar-refractivity contribution in [3.8, 4) is 17.3 Å². The Kier molecular flexibility index (Phi) is 4.26. The Morgan fingerprint density at radius 1 is 1.22 bits per heavy atom. The first kappa shape index (κ1) is 15.1. The highest BCUT2D eigenvalue weighted by Gasteiger charge is 2.13. The average molecular weight is 322 g/mol. The van der Waals surface area contributed by atoms with Crippen LogP contribution in [-0.4, -0.2) is 33.3 Å². The Balaban J connectivity index is 1.73. The molecule has 120 valence electrons. The zero-order valence-electron chi connectivity index (χ0n) is 12.1. The van der Waals surface area contributed by atoms with Gasteiger partial charge in [0.2, 0.25) is 11.7 Å². The Bertz CT molecular complexity index is 788. The minimum absolute atomic E-state index is 0.235. The third-order valence-corrected chi connectivity index (χ3v) is 2.81. The van der Waals surface area contributed by atoms with Crippen LogP contribution in [0.3, 0.4) is 0 Å². The van der Waals surface area contributed by atoms with E-state index in [2.05, 4.69) is 20.3 Å². The molecule has 0 aliphatic carbocycles. The summed E-state index contributed by atoms with van der Waals surface area (Å²) in [7, 11) is 0. The van der Waals surface area contributed by atoms with E-state index in [1.54, 1.807) is 13.0 Å². The van der Waals surface area contributed by atoms with E-state index in [1.165, 1.54) is 18.3 Å². The van der Waals surface area contributed by atoms with Crippen molar-refractivity contribution in [3.05, 3.63) is 41.7 Å². The van der Waals surface area contributed by atoms with Gasteiger partial charge in [0.05, 0.1) is 12.1 Å². The largest absolute Gasteiger partial charge is 0.488 e. The lowest BCUT2D eigenvalue weighted by molar-refractivity contribution is 0.0819. The van der Waals surface area contributed by atoms with Crippen LogP contribution in [0.15, 0.2) is 33.4 Å². The summed E-state index contributed by atoms with van der Waals surface area (Å²) in [6.45, 7) is 1.12. The number of hydrogen-bond donors (Lipinski definition) is 0. The second-order valence-electron chi connectivity index (χ2n) is 4.70. The molecule has 3 rings (SSSR count). The van der Waals surface area contributed by atoms with Crippen LogP contribution in [0.1, 0.15) is 17.3 Å². The summed E-state index contributed by atoms with van der Waals surface area (Å²) in [5.74, 6) is 1.42. The Labute approximate surface area is 129 Å². The number of halogens is 2. The number of nitrogens with zero attached hydrogens (tertiary/aromatic N) is 4. The molecule has 0 bridgehead atoms. The molecule has 9 heteroatoms. The van der Waals surface area contributed by atoms with Gasteiger partial charge in [0, 0.05) is 18.3 Å². The van der Waals surface area contributed by atoms with E-state index in [0.717, 1.165) is 5.69 Å². The maximum absolute atomic E-state index is 12.2. The second-order valence-corrected chi connectivity index (χ2v) is 4.70. The van der Waals surface area contributed by atoms with Gasteiger partial charge in [-0.15, -0.1) is 0 Å². The highest BCUT2D eigenvalue weighted by molar-refractivity contribution is 5.50. The molecule has 3 aromatic rings. The van der Waals surface area contributed by atoms with E-state index < -0.39 is 13.0 Å². The quantitative estimate of drug-likeness (QED) is 0.689. The van der Waals surface area contributed by atoms with Gasteiger partial charge in [-0.25, -0.2) is 8.78 Å². The smallest absolute Gasteiger partial charge is 0.272 e. The number of aromatic nitrogens is 4. The maximum atomic E-state index is 12.2. The first-order chi connectivity index (χ1) is 11.1. The number of ether oxygens (including phenoxy) is 1. The van der Waals surface area contributed by atoms with E-state index in [4.69, 9.17) is 13.8 Å². The third kappa shape index (κ3) is 3.87. The standard InChI is InChI=1S/C14H12F2N4O3/c1-8-4-10(22-19-8)6-13-18-14(20-23-13)11-5-9(2-3-17-11)21-7-12(15)16/h2-5,12H,6-7H2,1H3. The Morgan fingerprint density at radius 3 is 2.83 bits per heavy atom. The van der Waals surface area contributed by atoms with Gasteiger partial charge in [0.25, 0.3) is 6.43 Å². The van der Waals surface area contributed by atoms with Crippen molar-refractivity contribution in [2.45, 2.75) is 19.8 Å². The predicted molar refractivity (Wildman–Crippen MR) is 73.1 cm³/mol. The molecule has 0 atom stereocenters. The number of alkyl halides is 2. The van der Waals surface area contributed by atoms with Gasteiger partial charge in [0.1, 0.15) is 23.8 Å². The molecule has 0 saturated heterocycles. The van der Waals surface area contributed by atoms with Crippen molar-refractivity contribution < 1.29 is 22.6 Å². The number of aryl methyl sites for hydroxylation is 1. The molecular formula is C14H12F2N4O3. The van der Waals surface area contributed by atoms with E-state index >= 15 is 0 Å². The minimum atomic E-state index is -2.55. The molecule has 0 fully saturated rings. The summed E-state index contributed by atoms with van der Waals surface area (Å²) >= 11 is 0. The maximum Gasteiger partial charge on any atom is 0.272 e. The Hall–Kier alpha value is -2.84. The van der Waals surface area contributed by atoms with E-state index in [0.29, 0.717) is 23.8 Å². The van der Waals surface area contributed by atoms with Crippen LogP contribution in [-0.2, 0) is 6.42 Å². The fourth-order valence-electron chi connectivity index (χ4n) is 1.86. The summed E-state index contributed by atoms with van der Waals surface area (Å²) < 4.78 is 39.5. The van der Waals surface area contributed by atoms with Gasteiger partial charge in [-0.3, -0.25) is 4.98 Å². The summed E-state index contributed by atoms with van der Waals surface area (Å²) in [6, 6.07) is 4.71. The molecule has 23 heavy (non-hydrogen) atoms. The van der Waals surface area contributed by atoms with E-state index in [9.17, 15) is 8.78 Å². The molecule has 0 aliphatic rings. The minimum Gasteiger partial charge on any atom is -0.488 e. The molecule has 3 aromatic heterocycles. The fourth-order valence-corrected chi connectivity index (χ4v) is 1.86. The average Bonchev–Trinajstić information content (AvgIpc) is 3.15. The molecule has 0 aliphatic heterocycles. The molecule has 0 N–H and O–H groups in total. The van der Waals surface area contributed by atoms with E-state index in [-0.39, 0.29) is 11.6 Å². The summed E-state index contributed by atoms with van der Waals surface area (Å²) in [6.07, 6.45) is -0.824. The SMILES string of the molecule is Cc1cc(Cc2nc(-c3cc(OCC(F)F)ccn3)no2)on1. The van der Waals surface area contributed by atoms with E-state index in [1.807, 2.05) is 0 Å². The van der Waals surface area contributed by atoms with Gasteiger partial charge >= 0.3 is 0 Å². The highest BCUT2D eigenvalue weighted by atomic mass is 19.3. The lowest BCUT2D eigenvalue weighted by Gasteiger charge is -2.05. The molecule has 0 radical (unpaired) electrons. The van der Waals surface area contributed by atoms with Crippen molar-refractivity contribution in [3.63, 3.8) is 0 Å². The molecule has 0 aromatic carbocycles. The predicted octanol–water partition coefficient (Wildman–Crippen LogP) is 2.66. The van der Waals surface area contributed by atoms with Crippen molar-refractivity contribution >= 4 is 0 Å². The fraction of sp³-hybridized carbons (Fsp3) is 0.286. The van der Waals surface area contributed by atoms with Crippen LogP contribution in [0.5, 0.6) is 5.75 Å². The highest BCUT2D eigenvalue weighted by Crippen LogP contribution is 2.20. The van der Waals surface area contributed by atoms with Gasteiger partial charge in [-0.1, -0.05) is 10.3 Å². The van der Waals surface area contributed by atoms with Crippen molar-refractivity contribution in [2.24, 2.45) is 0 Å².